The maximum Gasteiger partial charge on any atom is 0.244 e. The van der Waals surface area contributed by atoms with E-state index in [0.717, 1.165) is 11.3 Å². The van der Waals surface area contributed by atoms with Crippen LogP contribution in [0.25, 0.3) is 0 Å². The van der Waals surface area contributed by atoms with Gasteiger partial charge in [-0.3, -0.25) is 5.10 Å². The van der Waals surface area contributed by atoms with Crippen LogP contribution in [0.1, 0.15) is 28.1 Å². The van der Waals surface area contributed by atoms with Gasteiger partial charge < -0.3 is 5.11 Å². The van der Waals surface area contributed by atoms with Crippen LogP contribution in [-0.2, 0) is 29.6 Å². The second kappa shape index (κ2) is 6.04. The number of nitrogens with one attached hydrogen (secondary N) is 2. The summed E-state index contributed by atoms with van der Waals surface area (Å²) in [5.41, 5.74) is 0.553. The van der Waals surface area contributed by atoms with Crippen molar-refractivity contribution in [2.24, 2.45) is 0 Å². The summed E-state index contributed by atoms with van der Waals surface area (Å²) < 4.78 is 27.1. The minimum atomic E-state index is -3.68. The molecule has 0 amide bonds. The van der Waals surface area contributed by atoms with Crippen LogP contribution in [0.15, 0.2) is 17.0 Å². The molecule has 8 heteroatoms. The van der Waals surface area contributed by atoms with Crippen LogP contribution in [0.3, 0.4) is 0 Å². The first kappa shape index (κ1) is 15.2. The summed E-state index contributed by atoms with van der Waals surface area (Å²) in [7, 11) is -3.68. The Hall–Kier alpha value is -1.22. The number of hydrogen-bond acceptors (Lipinski definition) is 5. The molecule has 0 fully saturated rings. The molecular formula is C12H17N3O3S2. The lowest BCUT2D eigenvalue weighted by Gasteiger charge is -2.06. The van der Waals surface area contributed by atoms with Crippen molar-refractivity contribution in [3.05, 3.63) is 33.3 Å². The molecule has 2 aromatic heterocycles. The second-order valence-electron chi connectivity index (χ2n) is 4.33. The molecule has 0 saturated heterocycles. The minimum absolute atomic E-state index is 0.0345. The molecule has 0 spiro atoms. The fourth-order valence-corrected chi connectivity index (χ4v) is 4.23. The Morgan fingerprint density at radius 3 is 2.70 bits per heavy atom. The standard InChI is InChI=1S/C12H17N3O3S2/c1-3-9-4-5-10(19-9)6-13-20(17,18)12-8(2)14-15-11(12)7-16/h4-5,13,16H,3,6-7H2,1-2H3,(H,14,15). The van der Waals surface area contributed by atoms with E-state index < -0.39 is 16.6 Å². The minimum Gasteiger partial charge on any atom is -0.390 e. The number of rotatable bonds is 6. The van der Waals surface area contributed by atoms with Crippen LogP contribution in [0, 0.1) is 6.92 Å². The number of aryl methyl sites for hydroxylation is 2. The highest BCUT2D eigenvalue weighted by molar-refractivity contribution is 7.89. The predicted octanol–water partition coefficient (Wildman–Crippen LogP) is 1.31. The summed E-state index contributed by atoms with van der Waals surface area (Å²) in [6.45, 7) is 3.49. The van der Waals surface area contributed by atoms with Gasteiger partial charge in [-0.1, -0.05) is 6.92 Å². The number of aromatic nitrogens is 2. The van der Waals surface area contributed by atoms with Crippen molar-refractivity contribution >= 4 is 21.4 Å². The zero-order valence-electron chi connectivity index (χ0n) is 11.3. The van der Waals surface area contributed by atoms with E-state index in [1.54, 1.807) is 18.3 Å². The average Bonchev–Trinajstić information content (AvgIpc) is 3.02. The number of hydrogen-bond donors (Lipinski definition) is 3. The van der Waals surface area contributed by atoms with E-state index >= 15 is 0 Å². The van der Waals surface area contributed by atoms with Gasteiger partial charge >= 0.3 is 0 Å². The second-order valence-corrected chi connectivity index (χ2v) is 7.29. The Bertz CT molecular complexity index is 689. The molecule has 110 valence electrons. The third kappa shape index (κ3) is 3.09. The highest BCUT2D eigenvalue weighted by atomic mass is 32.2. The van der Waals surface area contributed by atoms with Crippen molar-refractivity contribution in [1.82, 2.24) is 14.9 Å². The van der Waals surface area contributed by atoms with Crippen LogP contribution >= 0.6 is 11.3 Å². The van der Waals surface area contributed by atoms with Crippen LogP contribution in [0.2, 0.25) is 0 Å². The summed E-state index contributed by atoms with van der Waals surface area (Å²) in [5.74, 6) is 0. The largest absolute Gasteiger partial charge is 0.390 e. The maximum atomic E-state index is 12.3. The number of nitrogens with zero attached hydrogens (tertiary/aromatic N) is 1. The van der Waals surface area contributed by atoms with Crippen molar-refractivity contribution < 1.29 is 13.5 Å². The van der Waals surface area contributed by atoms with Crippen molar-refractivity contribution in [2.75, 3.05) is 0 Å². The van der Waals surface area contributed by atoms with Gasteiger partial charge in [0.05, 0.1) is 12.3 Å². The van der Waals surface area contributed by atoms with Gasteiger partial charge in [0, 0.05) is 16.3 Å². The summed E-state index contributed by atoms with van der Waals surface area (Å²) in [6, 6.07) is 3.91. The molecule has 0 aliphatic rings. The number of aliphatic hydroxyl groups is 1. The quantitative estimate of drug-likeness (QED) is 0.749. The Labute approximate surface area is 121 Å². The lowest BCUT2D eigenvalue weighted by atomic mass is 10.4. The van der Waals surface area contributed by atoms with Crippen LogP contribution < -0.4 is 4.72 Å². The molecule has 0 unspecified atom stereocenters. The zero-order chi connectivity index (χ0) is 14.8. The molecule has 2 rings (SSSR count). The van der Waals surface area contributed by atoms with Crippen LogP contribution in [0.4, 0.5) is 0 Å². The van der Waals surface area contributed by atoms with E-state index in [2.05, 4.69) is 21.8 Å². The van der Waals surface area contributed by atoms with Gasteiger partial charge in [-0.15, -0.1) is 11.3 Å². The molecule has 3 N–H and O–H groups in total. The Kier molecular flexibility index (Phi) is 4.59. The summed E-state index contributed by atoms with van der Waals surface area (Å²) in [6.07, 6.45) is 0.937. The van der Waals surface area contributed by atoms with Crippen molar-refractivity contribution in [3.63, 3.8) is 0 Å². The summed E-state index contributed by atoms with van der Waals surface area (Å²) in [4.78, 5) is 2.21. The molecule has 0 radical (unpaired) electrons. The fraction of sp³-hybridized carbons (Fsp3) is 0.417. The van der Waals surface area contributed by atoms with Gasteiger partial charge in [-0.25, -0.2) is 13.1 Å². The monoisotopic (exact) mass is 315 g/mol. The average molecular weight is 315 g/mol. The summed E-state index contributed by atoms with van der Waals surface area (Å²) >= 11 is 1.59. The predicted molar refractivity (Wildman–Crippen MR) is 77.0 cm³/mol. The Balaban J connectivity index is 2.17. The fourth-order valence-electron chi connectivity index (χ4n) is 1.88. The van der Waals surface area contributed by atoms with Crippen molar-refractivity contribution in [3.8, 4) is 0 Å². The molecule has 0 aliphatic heterocycles. The highest BCUT2D eigenvalue weighted by Gasteiger charge is 2.23. The SMILES string of the molecule is CCc1ccc(CNS(=O)(=O)c2c(CO)n[nH]c2C)s1. The molecule has 6 nitrogen and oxygen atoms in total. The van der Waals surface area contributed by atoms with E-state index in [9.17, 15) is 8.42 Å². The molecular weight excluding hydrogens is 298 g/mol. The summed E-state index contributed by atoms with van der Waals surface area (Å²) in [5, 5.41) is 15.5. The van der Waals surface area contributed by atoms with Crippen molar-refractivity contribution in [1.29, 1.82) is 0 Å². The Morgan fingerprint density at radius 2 is 2.10 bits per heavy atom. The first-order chi connectivity index (χ1) is 9.47. The van der Waals surface area contributed by atoms with Crippen LogP contribution in [0.5, 0.6) is 0 Å². The molecule has 0 atom stereocenters. The van der Waals surface area contributed by atoms with E-state index in [1.165, 1.54) is 4.88 Å². The first-order valence-electron chi connectivity index (χ1n) is 6.20. The Morgan fingerprint density at radius 1 is 1.40 bits per heavy atom. The third-order valence-corrected chi connectivity index (χ3v) is 5.72. The smallest absolute Gasteiger partial charge is 0.244 e. The van der Waals surface area contributed by atoms with E-state index in [-0.39, 0.29) is 17.1 Å². The van der Waals surface area contributed by atoms with Gasteiger partial charge in [0.2, 0.25) is 10.0 Å². The topological polar surface area (TPSA) is 95.1 Å². The number of aromatic amines is 1. The third-order valence-electron chi connectivity index (χ3n) is 2.88. The van der Waals surface area contributed by atoms with E-state index in [0.29, 0.717) is 5.69 Å². The van der Waals surface area contributed by atoms with Gasteiger partial charge in [0.1, 0.15) is 10.6 Å². The maximum absolute atomic E-state index is 12.3. The molecule has 0 aromatic carbocycles. The lowest BCUT2D eigenvalue weighted by molar-refractivity contribution is 0.273. The molecule has 0 aliphatic carbocycles. The van der Waals surface area contributed by atoms with Gasteiger partial charge in [-0.05, 0) is 25.5 Å². The van der Waals surface area contributed by atoms with Gasteiger partial charge in [0.15, 0.2) is 0 Å². The normalized spacial score (nSPS) is 11.9. The number of thiophene rings is 1. The van der Waals surface area contributed by atoms with E-state index in [4.69, 9.17) is 5.11 Å². The molecule has 0 saturated carbocycles. The molecule has 20 heavy (non-hydrogen) atoms. The molecule has 2 heterocycles. The molecule has 0 bridgehead atoms. The van der Waals surface area contributed by atoms with Gasteiger partial charge in [0.25, 0.3) is 0 Å². The number of H-pyrrole nitrogens is 1. The van der Waals surface area contributed by atoms with Gasteiger partial charge in [-0.2, -0.15) is 5.10 Å². The highest BCUT2D eigenvalue weighted by Crippen LogP contribution is 2.20. The van der Waals surface area contributed by atoms with Crippen LogP contribution in [-0.4, -0.2) is 23.7 Å². The lowest BCUT2D eigenvalue weighted by Crippen LogP contribution is -2.24. The number of sulfonamides is 1. The van der Waals surface area contributed by atoms with E-state index in [1.807, 2.05) is 12.1 Å². The number of aliphatic hydroxyl groups excluding tert-OH is 1. The van der Waals surface area contributed by atoms with Crippen molar-refractivity contribution in [2.45, 2.75) is 38.3 Å². The molecule has 2 aromatic rings. The first-order valence-corrected chi connectivity index (χ1v) is 8.49. The zero-order valence-corrected chi connectivity index (χ0v) is 12.9.